The highest BCUT2D eigenvalue weighted by Crippen LogP contribution is 2.08. The number of hydrogen-bond donors (Lipinski definition) is 0. The molecule has 0 atom stereocenters. The molecular weight excluding hydrogens is 364 g/mol. The van der Waals surface area contributed by atoms with E-state index < -0.39 is 5.60 Å². The fourth-order valence-electron chi connectivity index (χ4n) is 2.70. The molecule has 0 N–H and O–H groups in total. The van der Waals surface area contributed by atoms with Crippen molar-refractivity contribution in [3.05, 3.63) is 12.7 Å². The number of hydrogen-bond acceptors (Lipinski definition) is 4. The molecule has 0 spiro atoms. The van der Waals surface area contributed by atoms with Crippen molar-refractivity contribution in [3.8, 4) is 0 Å². The van der Waals surface area contributed by atoms with Crippen molar-refractivity contribution in [2.45, 2.75) is 130 Å². The number of carbonyl (C=O) groups excluding carboxylic acids is 1. The van der Waals surface area contributed by atoms with Crippen LogP contribution in [0.2, 0.25) is 0 Å². The molecule has 0 radical (unpaired) electrons. The summed E-state index contributed by atoms with van der Waals surface area (Å²) in [6, 6.07) is 0. The van der Waals surface area contributed by atoms with Crippen LogP contribution in [0.1, 0.15) is 125 Å². The predicted molar refractivity (Wildman–Crippen MR) is 124 cm³/mol. The lowest BCUT2D eigenvalue weighted by Crippen LogP contribution is -2.22. The van der Waals surface area contributed by atoms with Crippen molar-refractivity contribution < 1.29 is 19.3 Å². The topological polar surface area (TPSA) is 44.8 Å². The van der Waals surface area contributed by atoms with E-state index in [9.17, 15) is 4.79 Å². The average Bonchev–Trinajstić information content (AvgIpc) is 2.67. The summed E-state index contributed by atoms with van der Waals surface area (Å²) in [4.78, 5) is 20.9. The van der Waals surface area contributed by atoms with Crippen LogP contribution in [0.15, 0.2) is 12.7 Å². The first-order chi connectivity index (χ1) is 13.9. The van der Waals surface area contributed by atoms with E-state index in [1.165, 1.54) is 77.0 Å². The van der Waals surface area contributed by atoms with Gasteiger partial charge in [-0.05, 0) is 33.6 Å². The average molecular weight is 415 g/mol. The van der Waals surface area contributed by atoms with Gasteiger partial charge in [-0.15, -0.1) is 0 Å². The Bertz CT molecular complexity index is 329. The van der Waals surface area contributed by atoms with Gasteiger partial charge in [-0.2, -0.15) is 0 Å². The van der Waals surface area contributed by atoms with E-state index in [0.29, 0.717) is 0 Å². The van der Waals surface area contributed by atoms with Gasteiger partial charge in [0.05, 0.1) is 13.2 Å². The van der Waals surface area contributed by atoms with Crippen molar-refractivity contribution in [3.63, 3.8) is 0 Å². The highest BCUT2D eigenvalue weighted by atomic mass is 17.2. The van der Waals surface area contributed by atoms with Gasteiger partial charge < -0.3 is 4.74 Å². The van der Waals surface area contributed by atoms with Gasteiger partial charge in [0.15, 0.2) is 0 Å². The summed E-state index contributed by atoms with van der Waals surface area (Å²) < 4.78 is 4.83. The summed E-state index contributed by atoms with van der Waals surface area (Å²) >= 11 is 0. The van der Waals surface area contributed by atoms with Gasteiger partial charge in [-0.3, -0.25) is 0 Å². The Hall–Kier alpha value is -0.870. The zero-order chi connectivity index (χ0) is 22.2. The lowest BCUT2D eigenvalue weighted by molar-refractivity contribution is -0.295. The SMILES string of the molecule is C=CC(=O)OC(C)(C)C.CCCCCCCCCOOCCCCCCCCC. The first-order valence-electron chi connectivity index (χ1n) is 12.0. The molecule has 0 unspecified atom stereocenters. The normalized spacial score (nSPS) is 10.9. The predicted octanol–water partition coefficient (Wildman–Crippen LogP) is 7.95. The van der Waals surface area contributed by atoms with Gasteiger partial charge in [0.25, 0.3) is 0 Å². The molecule has 0 aromatic heterocycles. The number of carbonyl (C=O) groups is 1. The van der Waals surface area contributed by atoms with E-state index in [0.717, 1.165) is 32.1 Å². The number of rotatable bonds is 18. The number of esters is 1. The summed E-state index contributed by atoms with van der Waals surface area (Å²) in [5.74, 6) is -0.373. The number of unbranched alkanes of at least 4 members (excludes halogenated alkanes) is 12. The van der Waals surface area contributed by atoms with Crippen LogP contribution in [0.3, 0.4) is 0 Å². The summed E-state index contributed by atoms with van der Waals surface area (Å²) in [7, 11) is 0. The molecule has 0 fully saturated rings. The van der Waals surface area contributed by atoms with Gasteiger partial charge >= 0.3 is 5.97 Å². The molecule has 0 aliphatic carbocycles. The third kappa shape index (κ3) is 32.0. The Balaban J connectivity index is 0. The van der Waals surface area contributed by atoms with Crippen molar-refractivity contribution in [2.24, 2.45) is 0 Å². The van der Waals surface area contributed by atoms with Crippen molar-refractivity contribution >= 4 is 5.97 Å². The maximum atomic E-state index is 10.5. The molecule has 174 valence electrons. The maximum absolute atomic E-state index is 10.5. The third-order valence-electron chi connectivity index (χ3n) is 4.32. The summed E-state index contributed by atoms with van der Waals surface area (Å²) in [5.41, 5.74) is -0.398. The molecule has 29 heavy (non-hydrogen) atoms. The molecule has 0 rings (SSSR count). The molecule has 0 heterocycles. The molecule has 0 saturated carbocycles. The van der Waals surface area contributed by atoms with Crippen molar-refractivity contribution in [1.29, 1.82) is 0 Å². The summed E-state index contributed by atoms with van der Waals surface area (Å²) in [5, 5.41) is 0. The summed E-state index contributed by atoms with van der Waals surface area (Å²) in [6.45, 7) is 14.8. The molecule has 0 amide bonds. The lowest BCUT2D eigenvalue weighted by Gasteiger charge is -2.17. The van der Waals surface area contributed by atoms with Crippen LogP contribution in [-0.2, 0) is 19.3 Å². The van der Waals surface area contributed by atoms with Crippen LogP contribution in [0.25, 0.3) is 0 Å². The van der Waals surface area contributed by atoms with Crippen LogP contribution < -0.4 is 0 Å². The standard InChI is InChI=1S/C18H38O2.C7H12O2/c1-3-5-7-9-11-13-15-17-19-20-18-16-14-12-10-8-6-4-2;1-5-6(8)9-7(2,3)4/h3-18H2,1-2H3;5H,1H2,2-4H3. The minimum atomic E-state index is -0.398. The Kier molecular flexibility index (Phi) is 24.5. The highest BCUT2D eigenvalue weighted by molar-refractivity contribution is 5.81. The lowest BCUT2D eigenvalue weighted by atomic mass is 10.1. The Morgan fingerprint density at radius 3 is 1.31 bits per heavy atom. The molecule has 0 bridgehead atoms. The van der Waals surface area contributed by atoms with Crippen LogP contribution in [-0.4, -0.2) is 24.8 Å². The van der Waals surface area contributed by atoms with Gasteiger partial charge in [0.2, 0.25) is 0 Å². The van der Waals surface area contributed by atoms with Gasteiger partial charge in [0.1, 0.15) is 5.60 Å². The van der Waals surface area contributed by atoms with E-state index in [-0.39, 0.29) is 5.97 Å². The van der Waals surface area contributed by atoms with Crippen molar-refractivity contribution in [1.82, 2.24) is 0 Å². The summed E-state index contributed by atoms with van der Waals surface area (Å²) in [6.07, 6.45) is 19.7. The minimum absolute atomic E-state index is 0.373. The zero-order valence-electron chi connectivity index (χ0n) is 20.2. The molecule has 0 saturated heterocycles. The third-order valence-corrected chi connectivity index (χ3v) is 4.32. The van der Waals surface area contributed by atoms with E-state index in [2.05, 4.69) is 20.4 Å². The molecule has 0 aliphatic rings. The molecule has 4 heteroatoms. The van der Waals surface area contributed by atoms with Crippen LogP contribution in [0.4, 0.5) is 0 Å². The quantitative estimate of drug-likeness (QED) is 0.0750. The minimum Gasteiger partial charge on any atom is -0.457 e. The second-order valence-electron chi connectivity index (χ2n) is 8.62. The zero-order valence-corrected chi connectivity index (χ0v) is 20.2. The number of ether oxygens (including phenoxy) is 1. The smallest absolute Gasteiger partial charge is 0.330 e. The monoisotopic (exact) mass is 414 g/mol. The van der Waals surface area contributed by atoms with Gasteiger partial charge in [-0.25, -0.2) is 14.6 Å². The molecule has 4 nitrogen and oxygen atoms in total. The van der Waals surface area contributed by atoms with Crippen LogP contribution >= 0.6 is 0 Å². The first-order valence-corrected chi connectivity index (χ1v) is 12.0. The molecule has 0 aromatic rings. The van der Waals surface area contributed by atoms with Crippen LogP contribution in [0, 0.1) is 0 Å². The Labute approximate surface area is 181 Å². The fraction of sp³-hybridized carbons (Fsp3) is 0.880. The Morgan fingerprint density at radius 1 is 0.690 bits per heavy atom. The van der Waals surface area contributed by atoms with Gasteiger partial charge in [0, 0.05) is 6.08 Å². The highest BCUT2D eigenvalue weighted by Gasteiger charge is 2.12. The largest absolute Gasteiger partial charge is 0.457 e. The van der Waals surface area contributed by atoms with Crippen molar-refractivity contribution in [2.75, 3.05) is 13.2 Å². The van der Waals surface area contributed by atoms with Crippen LogP contribution in [0.5, 0.6) is 0 Å². The fourth-order valence-corrected chi connectivity index (χ4v) is 2.70. The maximum Gasteiger partial charge on any atom is 0.330 e. The van der Waals surface area contributed by atoms with E-state index >= 15 is 0 Å². The van der Waals surface area contributed by atoms with E-state index in [1.54, 1.807) is 0 Å². The Morgan fingerprint density at radius 2 is 1.03 bits per heavy atom. The molecule has 0 aromatic carbocycles. The first kappa shape index (κ1) is 30.3. The second kappa shape index (κ2) is 23.4. The molecule has 0 aliphatic heterocycles. The van der Waals surface area contributed by atoms with Gasteiger partial charge in [-0.1, -0.05) is 97.5 Å². The molecular formula is C25H50O4. The second-order valence-corrected chi connectivity index (χ2v) is 8.62. The van der Waals surface area contributed by atoms with E-state index in [1.807, 2.05) is 20.8 Å². The van der Waals surface area contributed by atoms with E-state index in [4.69, 9.17) is 14.5 Å².